The van der Waals surface area contributed by atoms with E-state index in [0.29, 0.717) is 5.56 Å². The van der Waals surface area contributed by atoms with E-state index in [4.69, 9.17) is 20.7 Å². The predicted octanol–water partition coefficient (Wildman–Crippen LogP) is 2.52. The Kier molecular flexibility index (Phi) is 4.02. The van der Waals surface area contributed by atoms with Gasteiger partial charge in [0.1, 0.15) is 16.7 Å². The average Bonchev–Trinajstić information content (AvgIpc) is 2.19. The largest absolute Gasteiger partial charge is 0.474 e. The lowest BCUT2D eigenvalue weighted by atomic mass is 10.1. The van der Waals surface area contributed by atoms with Gasteiger partial charge in [-0.1, -0.05) is 6.07 Å². The van der Waals surface area contributed by atoms with Crippen molar-refractivity contribution < 1.29 is 13.2 Å². The maximum absolute atomic E-state index is 11.4. The first kappa shape index (κ1) is 13.8. The number of nitrogens with zero attached hydrogens (tertiary/aromatic N) is 1. The molecule has 0 radical (unpaired) electrons. The highest BCUT2D eigenvalue weighted by molar-refractivity contribution is 8.13. The number of hydrogen-bond acceptors (Lipinski definition) is 4. The van der Waals surface area contributed by atoms with Crippen LogP contribution in [0.4, 0.5) is 0 Å². The summed E-state index contributed by atoms with van der Waals surface area (Å²) in [6.45, 7) is 5.00. The molecular formula is C11H12ClNO3S. The van der Waals surface area contributed by atoms with Crippen molar-refractivity contribution in [3.05, 3.63) is 23.3 Å². The Hall–Kier alpha value is -1.25. The second-order valence-corrected chi connectivity index (χ2v) is 6.27. The molecule has 0 N–H and O–H groups in total. The number of halogens is 1. The number of aryl methyl sites for hydroxylation is 2. The molecule has 6 heteroatoms. The summed E-state index contributed by atoms with van der Waals surface area (Å²) in [6.07, 6.45) is -0.742. The van der Waals surface area contributed by atoms with Crippen LogP contribution < -0.4 is 4.74 Å². The summed E-state index contributed by atoms with van der Waals surface area (Å²) in [5.41, 5.74) is 1.39. The molecule has 0 aliphatic rings. The Morgan fingerprint density at radius 2 is 2.00 bits per heavy atom. The molecule has 0 spiro atoms. The van der Waals surface area contributed by atoms with Gasteiger partial charge < -0.3 is 4.74 Å². The first-order valence-electron chi connectivity index (χ1n) is 4.88. The second kappa shape index (κ2) is 4.94. The molecule has 0 aliphatic heterocycles. The molecule has 0 aliphatic carbocycles. The van der Waals surface area contributed by atoms with Gasteiger partial charge in [0.05, 0.1) is 0 Å². The third kappa shape index (κ3) is 3.35. The smallest absolute Gasteiger partial charge is 0.265 e. The van der Waals surface area contributed by atoms with Crippen molar-refractivity contribution in [2.45, 2.75) is 31.8 Å². The van der Waals surface area contributed by atoms with Gasteiger partial charge in [-0.25, -0.2) is 8.42 Å². The molecule has 4 nitrogen and oxygen atoms in total. The Morgan fingerprint density at radius 3 is 2.47 bits per heavy atom. The molecule has 0 aromatic heterocycles. The first-order chi connectivity index (χ1) is 7.75. The summed E-state index contributed by atoms with van der Waals surface area (Å²) in [5, 5.41) is 8.68. The van der Waals surface area contributed by atoms with E-state index in [1.165, 1.54) is 13.0 Å². The topological polar surface area (TPSA) is 67.2 Å². The van der Waals surface area contributed by atoms with E-state index in [1.54, 1.807) is 19.9 Å². The first-order valence-corrected chi connectivity index (χ1v) is 7.19. The Labute approximate surface area is 105 Å². The van der Waals surface area contributed by atoms with Gasteiger partial charge in [0.15, 0.2) is 6.10 Å². The summed E-state index contributed by atoms with van der Waals surface area (Å²) in [4.78, 5) is -0.0984. The number of nitriles is 1. The fourth-order valence-corrected chi connectivity index (χ4v) is 2.55. The van der Waals surface area contributed by atoms with Gasteiger partial charge >= 0.3 is 0 Å². The second-order valence-electron chi connectivity index (χ2n) is 3.74. The zero-order chi connectivity index (χ0) is 13.2. The number of hydrogen-bond donors (Lipinski definition) is 0. The van der Waals surface area contributed by atoms with Crippen LogP contribution in [-0.2, 0) is 9.05 Å². The van der Waals surface area contributed by atoms with Gasteiger partial charge in [0.25, 0.3) is 9.05 Å². The van der Waals surface area contributed by atoms with Gasteiger partial charge in [-0.05, 0) is 38.0 Å². The average molecular weight is 274 g/mol. The van der Waals surface area contributed by atoms with E-state index < -0.39 is 15.2 Å². The van der Waals surface area contributed by atoms with Crippen molar-refractivity contribution in [2.24, 2.45) is 0 Å². The molecular weight excluding hydrogens is 262 g/mol. The van der Waals surface area contributed by atoms with Crippen LogP contribution in [0.3, 0.4) is 0 Å². The van der Waals surface area contributed by atoms with E-state index in [2.05, 4.69) is 0 Å². The molecule has 1 rings (SSSR count). The lowest BCUT2D eigenvalue weighted by molar-refractivity contribution is 0.267. The highest BCUT2D eigenvalue weighted by atomic mass is 35.7. The van der Waals surface area contributed by atoms with Crippen molar-refractivity contribution in [3.8, 4) is 11.8 Å². The zero-order valence-corrected chi connectivity index (χ0v) is 11.3. The molecule has 1 aromatic carbocycles. The molecule has 1 atom stereocenters. The Morgan fingerprint density at radius 1 is 1.41 bits per heavy atom. The fourth-order valence-electron chi connectivity index (χ4n) is 1.45. The SMILES string of the molecule is Cc1cc(C)c(OC(C)C#N)c(S(=O)(=O)Cl)c1. The van der Waals surface area contributed by atoms with Crippen molar-refractivity contribution in [1.82, 2.24) is 0 Å². The normalized spacial score (nSPS) is 12.9. The van der Waals surface area contributed by atoms with Crippen LogP contribution in [0, 0.1) is 25.2 Å². The predicted molar refractivity (Wildman–Crippen MR) is 64.7 cm³/mol. The van der Waals surface area contributed by atoms with Gasteiger partial charge in [-0.3, -0.25) is 0 Å². The molecule has 1 aromatic rings. The quantitative estimate of drug-likeness (QED) is 0.794. The molecule has 0 heterocycles. The van der Waals surface area contributed by atoms with Crippen LogP contribution in [-0.4, -0.2) is 14.5 Å². The van der Waals surface area contributed by atoms with Gasteiger partial charge in [0.2, 0.25) is 0 Å². The summed E-state index contributed by atoms with van der Waals surface area (Å²) >= 11 is 0. The highest BCUT2D eigenvalue weighted by Crippen LogP contribution is 2.32. The van der Waals surface area contributed by atoms with E-state index in [0.717, 1.165) is 5.56 Å². The maximum atomic E-state index is 11.4. The third-order valence-corrected chi connectivity index (χ3v) is 3.45. The highest BCUT2D eigenvalue weighted by Gasteiger charge is 2.21. The lowest BCUT2D eigenvalue weighted by Crippen LogP contribution is -2.12. The molecule has 92 valence electrons. The van der Waals surface area contributed by atoms with Crippen LogP contribution in [0.25, 0.3) is 0 Å². The van der Waals surface area contributed by atoms with E-state index in [1.807, 2.05) is 6.07 Å². The molecule has 0 fully saturated rings. The number of rotatable bonds is 3. The molecule has 0 saturated carbocycles. The maximum Gasteiger partial charge on any atom is 0.265 e. The molecule has 1 unspecified atom stereocenters. The number of benzene rings is 1. The lowest BCUT2D eigenvalue weighted by Gasteiger charge is -2.14. The minimum Gasteiger partial charge on any atom is -0.474 e. The molecule has 0 bridgehead atoms. The van der Waals surface area contributed by atoms with Crippen LogP contribution in [0.15, 0.2) is 17.0 Å². The van der Waals surface area contributed by atoms with Crippen LogP contribution in [0.2, 0.25) is 0 Å². The summed E-state index contributed by atoms with van der Waals surface area (Å²) in [7, 11) is 1.45. The van der Waals surface area contributed by atoms with E-state index >= 15 is 0 Å². The van der Waals surface area contributed by atoms with Gasteiger partial charge in [-0.15, -0.1) is 0 Å². The van der Waals surface area contributed by atoms with Crippen LogP contribution in [0.5, 0.6) is 5.75 Å². The van der Waals surface area contributed by atoms with E-state index in [-0.39, 0.29) is 10.6 Å². The number of ether oxygens (including phenoxy) is 1. The minimum absolute atomic E-state index is 0.0984. The summed E-state index contributed by atoms with van der Waals surface area (Å²) in [6, 6.07) is 5.07. The summed E-state index contributed by atoms with van der Waals surface area (Å²) < 4.78 is 28.1. The Bertz CT molecular complexity index is 575. The van der Waals surface area contributed by atoms with E-state index in [9.17, 15) is 8.42 Å². The van der Waals surface area contributed by atoms with Crippen molar-refractivity contribution in [2.75, 3.05) is 0 Å². The summed E-state index contributed by atoms with van der Waals surface area (Å²) in [5.74, 6) is 0.139. The third-order valence-electron chi connectivity index (χ3n) is 2.12. The van der Waals surface area contributed by atoms with Gasteiger partial charge in [0, 0.05) is 10.7 Å². The fraction of sp³-hybridized carbons (Fsp3) is 0.364. The zero-order valence-electron chi connectivity index (χ0n) is 9.69. The molecule has 17 heavy (non-hydrogen) atoms. The standard InChI is InChI=1S/C11H12ClNO3S/c1-7-4-8(2)11(16-9(3)6-13)10(5-7)17(12,14)15/h4-5,9H,1-3H3. The van der Waals surface area contributed by atoms with Gasteiger partial charge in [-0.2, -0.15) is 5.26 Å². The molecule has 0 saturated heterocycles. The molecule has 0 amide bonds. The van der Waals surface area contributed by atoms with Crippen LogP contribution >= 0.6 is 10.7 Å². The van der Waals surface area contributed by atoms with Crippen molar-refractivity contribution >= 4 is 19.7 Å². The Balaban J connectivity index is 3.43. The minimum atomic E-state index is -3.89. The van der Waals surface area contributed by atoms with Crippen molar-refractivity contribution in [1.29, 1.82) is 5.26 Å². The monoisotopic (exact) mass is 273 g/mol. The van der Waals surface area contributed by atoms with Crippen molar-refractivity contribution in [3.63, 3.8) is 0 Å². The van der Waals surface area contributed by atoms with Crippen LogP contribution in [0.1, 0.15) is 18.1 Å².